The Labute approximate surface area is 226 Å². The van der Waals surface area contributed by atoms with Crippen molar-refractivity contribution in [3.63, 3.8) is 0 Å². The Morgan fingerprint density at radius 3 is 2.16 bits per heavy atom. The monoisotopic (exact) mass is 523 g/mol. The highest BCUT2D eigenvalue weighted by Gasteiger charge is 2.45. The number of aryl methyl sites for hydroxylation is 2. The third-order valence-electron chi connectivity index (χ3n) is 6.41. The summed E-state index contributed by atoms with van der Waals surface area (Å²) in [6, 6.07) is 11.2. The van der Waals surface area contributed by atoms with Crippen LogP contribution in [0.25, 0.3) is 0 Å². The summed E-state index contributed by atoms with van der Waals surface area (Å²) in [6.45, 7) is 13.0. The molecule has 3 amide bonds. The molecule has 8 heteroatoms. The van der Waals surface area contributed by atoms with Crippen LogP contribution in [-0.2, 0) is 14.3 Å². The Morgan fingerprint density at radius 1 is 1.00 bits per heavy atom. The first kappa shape index (κ1) is 29.0. The molecule has 0 aromatic heterocycles. The van der Waals surface area contributed by atoms with Crippen LogP contribution < -0.4 is 15.4 Å². The summed E-state index contributed by atoms with van der Waals surface area (Å²) in [5.74, 6) is -0.162. The number of ether oxygens (including phenoxy) is 2. The zero-order valence-electron chi connectivity index (χ0n) is 23.8. The number of nitrogens with one attached hydrogen (secondary N) is 2. The largest absolute Gasteiger partial charge is 0.497 e. The van der Waals surface area contributed by atoms with E-state index in [0.717, 1.165) is 29.5 Å². The van der Waals surface area contributed by atoms with Crippen molar-refractivity contribution in [3.8, 4) is 5.75 Å². The Balaban J connectivity index is 2.01. The van der Waals surface area contributed by atoms with Crippen molar-refractivity contribution in [1.82, 2.24) is 10.2 Å². The third-order valence-corrected chi connectivity index (χ3v) is 6.41. The lowest BCUT2D eigenvalue weighted by atomic mass is 9.94. The summed E-state index contributed by atoms with van der Waals surface area (Å²) in [5.41, 5.74) is 2.55. The molecule has 0 bridgehead atoms. The van der Waals surface area contributed by atoms with E-state index >= 15 is 0 Å². The third kappa shape index (κ3) is 7.49. The number of hydrogen-bond donors (Lipinski definition) is 2. The molecule has 2 N–H and O–H groups in total. The van der Waals surface area contributed by atoms with E-state index in [9.17, 15) is 14.4 Å². The molecule has 2 unspecified atom stereocenters. The number of benzene rings is 2. The molecule has 0 heterocycles. The summed E-state index contributed by atoms with van der Waals surface area (Å²) in [7, 11) is 1.58. The summed E-state index contributed by atoms with van der Waals surface area (Å²) in [4.78, 5) is 42.5. The average Bonchev–Trinajstić information content (AvgIpc) is 3.66. The Hall–Kier alpha value is -3.55. The van der Waals surface area contributed by atoms with E-state index in [1.165, 1.54) is 0 Å². The van der Waals surface area contributed by atoms with Gasteiger partial charge in [-0.15, -0.1) is 0 Å². The van der Waals surface area contributed by atoms with Crippen LogP contribution in [0.1, 0.15) is 70.2 Å². The number of rotatable bonds is 9. The highest BCUT2D eigenvalue weighted by Crippen LogP contribution is 2.38. The van der Waals surface area contributed by atoms with Crippen molar-refractivity contribution in [3.05, 3.63) is 59.2 Å². The van der Waals surface area contributed by atoms with Crippen LogP contribution >= 0.6 is 0 Å². The van der Waals surface area contributed by atoms with Crippen LogP contribution in [0.5, 0.6) is 5.75 Å². The summed E-state index contributed by atoms with van der Waals surface area (Å²) >= 11 is 0. The first-order valence-corrected chi connectivity index (χ1v) is 13.1. The second-order valence-corrected chi connectivity index (χ2v) is 11.3. The zero-order chi connectivity index (χ0) is 28.2. The van der Waals surface area contributed by atoms with Gasteiger partial charge in [0.25, 0.3) is 5.91 Å². The van der Waals surface area contributed by atoms with Crippen LogP contribution in [0, 0.1) is 19.8 Å². The van der Waals surface area contributed by atoms with Gasteiger partial charge < -0.3 is 25.0 Å². The van der Waals surface area contributed by atoms with Gasteiger partial charge in [0.05, 0.1) is 7.11 Å². The quantitative estimate of drug-likeness (QED) is 0.450. The molecule has 1 fully saturated rings. The SMILES string of the molecule is COc1ccc(NC(=O)C(c2cc(C)ccc2C)N(C(=O)C(NC(=O)OC(C)(C)C)C(C)C)C2CC2)cc1. The highest BCUT2D eigenvalue weighted by atomic mass is 16.6. The Morgan fingerprint density at radius 2 is 1.63 bits per heavy atom. The van der Waals surface area contributed by atoms with Crippen molar-refractivity contribution in [2.24, 2.45) is 5.92 Å². The fourth-order valence-electron chi connectivity index (χ4n) is 4.34. The Kier molecular flexibility index (Phi) is 9.07. The van der Waals surface area contributed by atoms with Crippen LogP contribution in [0.15, 0.2) is 42.5 Å². The topological polar surface area (TPSA) is 97.0 Å². The van der Waals surface area contributed by atoms with Crippen LogP contribution in [0.3, 0.4) is 0 Å². The van der Waals surface area contributed by atoms with Gasteiger partial charge in [0.2, 0.25) is 5.91 Å². The molecule has 1 aliphatic carbocycles. The molecule has 38 heavy (non-hydrogen) atoms. The number of anilines is 1. The van der Waals surface area contributed by atoms with Crippen LogP contribution in [0.2, 0.25) is 0 Å². The minimum atomic E-state index is -0.876. The van der Waals surface area contributed by atoms with Crippen molar-refractivity contribution in [2.75, 3.05) is 12.4 Å². The van der Waals surface area contributed by atoms with E-state index < -0.39 is 23.8 Å². The molecular formula is C30H41N3O5. The van der Waals surface area contributed by atoms with Crippen molar-refractivity contribution in [2.45, 2.75) is 85.0 Å². The van der Waals surface area contributed by atoms with Crippen LogP contribution in [0.4, 0.5) is 10.5 Å². The van der Waals surface area contributed by atoms with Gasteiger partial charge in [-0.05, 0) is 88.8 Å². The first-order valence-electron chi connectivity index (χ1n) is 13.1. The fraction of sp³-hybridized carbons (Fsp3) is 0.500. The van der Waals surface area contributed by atoms with E-state index in [1.54, 1.807) is 57.0 Å². The average molecular weight is 524 g/mol. The number of carbonyl (C=O) groups is 3. The van der Waals surface area contributed by atoms with E-state index in [1.807, 2.05) is 45.9 Å². The molecule has 1 saturated carbocycles. The maximum Gasteiger partial charge on any atom is 0.408 e. The Bertz CT molecular complexity index is 1150. The minimum Gasteiger partial charge on any atom is -0.497 e. The summed E-state index contributed by atoms with van der Waals surface area (Å²) in [6.07, 6.45) is 0.923. The first-order chi connectivity index (χ1) is 17.8. The lowest BCUT2D eigenvalue weighted by Gasteiger charge is -2.36. The number of nitrogens with zero attached hydrogens (tertiary/aromatic N) is 1. The molecule has 206 valence electrons. The van der Waals surface area contributed by atoms with Crippen molar-refractivity contribution < 1.29 is 23.9 Å². The molecule has 2 aromatic rings. The van der Waals surface area contributed by atoms with E-state index in [0.29, 0.717) is 11.4 Å². The predicted molar refractivity (Wildman–Crippen MR) is 148 cm³/mol. The number of carbonyl (C=O) groups excluding carboxylic acids is 3. The number of methoxy groups -OCH3 is 1. The molecule has 1 aliphatic rings. The lowest BCUT2D eigenvalue weighted by Crippen LogP contribution is -2.55. The van der Waals surface area contributed by atoms with Crippen molar-refractivity contribution >= 4 is 23.6 Å². The summed E-state index contributed by atoms with van der Waals surface area (Å²) in [5, 5.41) is 5.77. The molecule has 0 saturated heterocycles. The standard InChI is InChI=1S/C30H41N3O5/c1-18(2)25(32-29(36)38-30(5,6)7)28(35)33(22-13-14-22)26(24-17-19(3)9-10-20(24)4)27(34)31-21-11-15-23(37-8)16-12-21/h9-12,15-18,22,25-26H,13-14H2,1-8H3,(H,31,34)(H,32,36). The van der Waals surface area contributed by atoms with Gasteiger partial charge in [-0.2, -0.15) is 0 Å². The van der Waals surface area contributed by atoms with Gasteiger partial charge >= 0.3 is 6.09 Å². The van der Waals surface area contributed by atoms with E-state index in [-0.39, 0.29) is 23.8 Å². The predicted octanol–water partition coefficient (Wildman–Crippen LogP) is 5.53. The van der Waals surface area contributed by atoms with Crippen molar-refractivity contribution in [1.29, 1.82) is 0 Å². The highest BCUT2D eigenvalue weighted by molar-refractivity contribution is 5.99. The second-order valence-electron chi connectivity index (χ2n) is 11.3. The lowest BCUT2D eigenvalue weighted by molar-refractivity contribution is -0.142. The normalized spacial score (nSPS) is 14.9. The molecule has 0 spiro atoms. The molecule has 3 rings (SSSR count). The van der Waals surface area contributed by atoms with E-state index in [2.05, 4.69) is 10.6 Å². The summed E-state index contributed by atoms with van der Waals surface area (Å²) < 4.78 is 10.7. The molecule has 0 aliphatic heterocycles. The number of alkyl carbamates (subject to hydrolysis) is 1. The fourth-order valence-corrected chi connectivity index (χ4v) is 4.34. The maximum absolute atomic E-state index is 14.2. The molecular weight excluding hydrogens is 482 g/mol. The number of amides is 3. The molecule has 0 radical (unpaired) electrons. The van der Waals surface area contributed by atoms with Gasteiger partial charge in [0, 0.05) is 11.7 Å². The van der Waals surface area contributed by atoms with Gasteiger partial charge in [0.1, 0.15) is 23.4 Å². The van der Waals surface area contributed by atoms with Gasteiger partial charge in [-0.25, -0.2) is 4.79 Å². The van der Waals surface area contributed by atoms with Gasteiger partial charge in [-0.1, -0.05) is 37.6 Å². The minimum absolute atomic E-state index is 0.101. The van der Waals surface area contributed by atoms with Gasteiger partial charge in [0.15, 0.2) is 0 Å². The van der Waals surface area contributed by atoms with Gasteiger partial charge in [-0.3, -0.25) is 9.59 Å². The molecule has 8 nitrogen and oxygen atoms in total. The van der Waals surface area contributed by atoms with Crippen LogP contribution in [-0.4, -0.2) is 47.6 Å². The number of hydrogen-bond acceptors (Lipinski definition) is 5. The van der Waals surface area contributed by atoms with E-state index in [4.69, 9.17) is 9.47 Å². The zero-order valence-corrected chi connectivity index (χ0v) is 23.8. The molecule has 2 atom stereocenters. The second kappa shape index (κ2) is 11.9. The maximum atomic E-state index is 14.2. The smallest absolute Gasteiger partial charge is 0.408 e. The molecule has 2 aromatic carbocycles.